The third-order valence-corrected chi connectivity index (χ3v) is 4.07. The molecular formula is C15H18N4S. The van der Waals surface area contributed by atoms with Crippen LogP contribution in [0.4, 0.5) is 17.3 Å². The molecule has 5 heteroatoms. The summed E-state index contributed by atoms with van der Waals surface area (Å²) in [5.41, 5.74) is 2.67. The number of benzene rings is 1. The minimum Gasteiger partial charge on any atom is -0.373 e. The van der Waals surface area contributed by atoms with Gasteiger partial charge in [0.15, 0.2) is 5.16 Å². The first-order valence-electron chi connectivity index (χ1n) is 6.78. The number of anilines is 3. The fourth-order valence-corrected chi connectivity index (χ4v) is 2.92. The van der Waals surface area contributed by atoms with E-state index in [9.17, 15) is 0 Å². The molecule has 1 aliphatic heterocycles. The minimum absolute atomic E-state index is 0.801. The SMILES string of the molecule is CNc1cc(N2CCCc3ccccc32)nc(SC)n1. The molecule has 1 aromatic heterocycles. The van der Waals surface area contributed by atoms with Crippen molar-refractivity contribution in [3.05, 3.63) is 35.9 Å². The molecule has 3 rings (SSSR count). The van der Waals surface area contributed by atoms with Gasteiger partial charge in [-0.3, -0.25) is 0 Å². The monoisotopic (exact) mass is 286 g/mol. The maximum Gasteiger partial charge on any atom is 0.191 e. The van der Waals surface area contributed by atoms with E-state index in [4.69, 9.17) is 0 Å². The number of para-hydroxylation sites is 1. The fraction of sp³-hybridized carbons (Fsp3) is 0.333. The summed E-state index contributed by atoms with van der Waals surface area (Å²) in [6, 6.07) is 10.6. The molecule has 0 radical (unpaired) electrons. The van der Waals surface area contributed by atoms with E-state index in [2.05, 4.69) is 44.5 Å². The topological polar surface area (TPSA) is 41.0 Å². The number of thioether (sulfide) groups is 1. The Labute approximate surface area is 123 Å². The highest BCUT2D eigenvalue weighted by atomic mass is 32.2. The molecule has 104 valence electrons. The Morgan fingerprint density at radius 1 is 1.25 bits per heavy atom. The highest BCUT2D eigenvalue weighted by molar-refractivity contribution is 7.98. The summed E-state index contributed by atoms with van der Waals surface area (Å²) in [6.45, 7) is 1.00. The van der Waals surface area contributed by atoms with E-state index in [0.717, 1.165) is 36.2 Å². The molecule has 0 bridgehead atoms. The average molecular weight is 286 g/mol. The van der Waals surface area contributed by atoms with Gasteiger partial charge >= 0.3 is 0 Å². The van der Waals surface area contributed by atoms with E-state index in [1.807, 2.05) is 19.4 Å². The summed E-state index contributed by atoms with van der Waals surface area (Å²) in [5, 5.41) is 3.91. The van der Waals surface area contributed by atoms with Gasteiger partial charge in [-0.05, 0) is 30.7 Å². The Hall–Kier alpha value is -1.75. The maximum absolute atomic E-state index is 4.66. The number of hydrogen-bond acceptors (Lipinski definition) is 5. The molecule has 1 aromatic carbocycles. The lowest BCUT2D eigenvalue weighted by atomic mass is 10.0. The normalized spacial score (nSPS) is 14.0. The van der Waals surface area contributed by atoms with Crippen molar-refractivity contribution in [1.29, 1.82) is 0 Å². The zero-order chi connectivity index (χ0) is 13.9. The Bertz CT molecular complexity index is 592. The molecule has 1 aliphatic rings. The molecule has 0 spiro atoms. The molecule has 4 nitrogen and oxygen atoms in total. The van der Waals surface area contributed by atoms with Gasteiger partial charge in [0.1, 0.15) is 11.6 Å². The average Bonchev–Trinajstić information content (AvgIpc) is 2.53. The molecular weight excluding hydrogens is 268 g/mol. The zero-order valence-electron chi connectivity index (χ0n) is 11.8. The predicted molar refractivity (Wildman–Crippen MR) is 85.1 cm³/mol. The van der Waals surface area contributed by atoms with E-state index in [-0.39, 0.29) is 0 Å². The third-order valence-electron chi connectivity index (χ3n) is 3.52. The number of nitrogens with one attached hydrogen (secondary N) is 1. The molecule has 0 amide bonds. The number of aryl methyl sites for hydroxylation is 1. The van der Waals surface area contributed by atoms with Gasteiger partial charge in [0.05, 0.1) is 0 Å². The van der Waals surface area contributed by atoms with Crippen LogP contribution in [0.5, 0.6) is 0 Å². The first kappa shape index (κ1) is 13.2. The van der Waals surface area contributed by atoms with E-state index in [1.54, 1.807) is 11.8 Å². The van der Waals surface area contributed by atoms with Crippen molar-refractivity contribution < 1.29 is 0 Å². The van der Waals surface area contributed by atoms with Crippen LogP contribution in [0.3, 0.4) is 0 Å². The Morgan fingerprint density at radius 3 is 2.90 bits per heavy atom. The number of nitrogens with zero attached hydrogens (tertiary/aromatic N) is 3. The molecule has 0 aliphatic carbocycles. The Morgan fingerprint density at radius 2 is 2.10 bits per heavy atom. The van der Waals surface area contributed by atoms with Gasteiger partial charge in [-0.15, -0.1) is 0 Å². The van der Waals surface area contributed by atoms with Crippen LogP contribution in [0.15, 0.2) is 35.5 Å². The second-order valence-corrected chi connectivity index (χ2v) is 5.51. The molecule has 0 fully saturated rings. The third kappa shape index (κ3) is 2.45. The summed E-state index contributed by atoms with van der Waals surface area (Å²) in [5.74, 6) is 1.84. The van der Waals surface area contributed by atoms with Gasteiger partial charge < -0.3 is 10.2 Å². The van der Waals surface area contributed by atoms with Gasteiger partial charge in [0.25, 0.3) is 0 Å². The Balaban J connectivity index is 2.05. The van der Waals surface area contributed by atoms with Crippen LogP contribution in [-0.4, -0.2) is 29.8 Å². The van der Waals surface area contributed by atoms with Gasteiger partial charge in [-0.2, -0.15) is 0 Å². The van der Waals surface area contributed by atoms with Crippen molar-refractivity contribution in [3.8, 4) is 0 Å². The van der Waals surface area contributed by atoms with Crippen molar-refractivity contribution in [2.24, 2.45) is 0 Å². The molecule has 0 saturated carbocycles. The van der Waals surface area contributed by atoms with Gasteiger partial charge in [0.2, 0.25) is 0 Å². The van der Waals surface area contributed by atoms with Gasteiger partial charge in [-0.25, -0.2) is 9.97 Å². The van der Waals surface area contributed by atoms with E-state index >= 15 is 0 Å². The fourth-order valence-electron chi connectivity index (χ4n) is 2.54. The van der Waals surface area contributed by atoms with Gasteiger partial charge in [0, 0.05) is 25.3 Å². The number of hydrogen-bond donors (Lipinski definition) is 1. The van der Waals surface area contributed by atoms with Gasteiger partial charge in [-0.1, -0.05) is 30.0 Å². The van der Waals surface area contributed by atoms with Crippen molar-refractivity contribution in [2.45, 2.75) is 18.0 Å². The lowest BCUT2D eigenvalue weighted by molar-refractivity contribution is 0.752. The number of aromatic nitrogens is 2. The first-order valence-corrected chi connectivity index (χ1v) is 8.00. The smallest absolute Gasteiger partial charge is 0.191 e. The predicted octanol–water partition coefficient (Wildman–Crippen LogP) is 3.32. The quantitative estimate of drug-likeness (QED) is 0.692. The first-order chi connectivity index (χ1) is 9.81. The number of fused-ring (bicyclic) bond motifs is 1. The number of rotatable bonds is 3. The molecule has 0 atom stereocenters. The lowest BCUT2D eigenvalue weighted by Gasteiger charge is -2.30. The molecule has 0 saturated heterocycles. The van der Waals surface area contributed by atoms with Crippen molar-refractivity contribution >= 4 is 29.1 Å². The van der Waals surface area contributed by atoms with Crippen molar-refractivity contribution in [1.82, 2.24) is 9.97 Å². The van der Waals surface area contributed by atoms with Crippen LogP contribution in [0.1, 0.15) is 12.0 Å². The van der Waals surface area contributed by atoms with Crippen LogP contribution in [-0.2, 0) is 6.42 Å². The summed E-state index contributed by atoms with van der Waals surface area (Å²) in [7, 11) is 1.89. The molecule has 1 N–H and O–H groups in total. The van der Waals surface area contributed by atoms with E-state index in [0.29, 0.717) is 0 Å². The zero-order valence-corrected chi connectivity index (χ0v) is 12.6. The summed E-state index contributed by atoms with van der Waals surface area (Å²) < 4.78 is 0. The van der Waals surface area contributed by atoms with Crippen LogP contribution < -0.4 is 10.2 Å². The van der Waals surface area contributed by atoms with E-state index < -0.39 is 0 Å². The second kappa shape index (κ2) is 5.71. The summed E-state index contributed by atoms with van der Waals surface area (Å²) in [6.07, 6.45) is 4.30. The van der Waals surface area contributed by atoms with E-state index in [1.165, 1.54) is 11.3 Å². The minimum atomic E-state index is 0.801. The van der Waals surface area contributed by atoms with Crippen LogP contribution in [0.2, 0.25) is 0 Å². The highest BCUT2D eigenvalue weighted by Gasteiger charge is 2.19. The highest BCUT2D eigenvalue weighted by Crippen LogP contribution is 2.33. The molecule has 20 heavy (non-hydrogen) atoms. The van der Waals surface area contributed by atoms with Crippen molar-refractivity contribution in [2.75, 3.05) is 30.1 Å². The lowest BCUT2D eigenvalue weighted by Crippen LogP contribution is -2.25. The Kier molecular flexibility index (Phi) is 3.78. The van der Waals surface area contributed by atoms with Crippen LogP contribution >= 0.6 is 11.8 Å². The van der Waals surface area contributed by atoms with Crippen molar-refractivity contribution in [3.63, 3.8) is 0 Å². The molecule has 2 aromatic rings. The second-order valence-electron chi connectivity index (χ2n) is 4.73. The molecule has 0 unspecified atom stereocenters. The summed E-state index contributed by atoms with van der Waals surface area (Å²) >= 11 is 1.57. The standard InChI is InChI=1S/C15H18N4S/c1-16-13-10-14(18-15(17-13)20-2)19-9-5-7-11-6-3-4-8-12(11)19/h3-4,6,8,10H,5,7,9H2,1-2H3,(H,16,17,18). The largest absolute Gasteiger partial charge is 0.373 e. The maximum atomic E-state index is 4.66. The summed E-state index contributed by atoms with van der Waals surface area (Å²) in [4.78, 5) is 11.4. The molecule has 2 heterocycles. The van der Waals surface area contributed by atoms with Crippen LogP contribution in [0, 0.1) is 0 Å². The van der Waals surface area contributed by atoms with Crippen LogP contribution in [0.25, 0.3) is 0 Å².